The second-order valence-corrected chi connectivity index (χ2v) is 7.29. The van der Waals surface area contributed by atoms with Crippen molar-refractivity contribution in [2.24, 2.45) is 35.3 Å². The van der Waals surface area contributed by atoms with Crippen LogP contribution in [0.2, 0.25) is 0 Å². The smallest absolute Gasteiger partial charge is 0.226 e. The zero-order valence-corrected chi connectivity index (χ0v) is 12.3. The van der Waals surface area contributed by atoms with Crippen LogP contribution in [0.1, 0.15) is 38.5 Å². The molecule has 0 aromatic rings. The molecule has 1 aliphatic heterocycles. The van der Waals surface area contributed by atoms with Gasteiger partial charge in [-0.2, -0.15) is 0 Å². The Morgan fingerprint density at radius 1 is 1.00 bits per heavy atom. The highest BCUT2D eigenvalue weighted by Crippen LogP contribution is 2.56. The van der Waals surface area contributed by atoms with Crippen LogP contribution in [0.5, 0.6) is 0 Å². The zero-order valence-electron chi connectivity index (χ0n) is 11.5. The normalized spacial score (nSPS) is 47.3. The Morgan fingerprint density at radius 3 is 2.05 bits per heavy atom. The molecule has 0 spiro atoms. The number of nitrogens with two attached hydrogens (primary N) is 1. The second-order valence-electron chi connectivity index (χ2n) is 7.29. The van der Waals surface area contributed by atoms with Gasteiger partial charge in [-0.1, -0.05) is 0 Å². The van der Waals surface area contributed by atoms with Gasteiger partial charge in [0.2, 0.25) is 5.91 Å². The summed E-state index contributed by atoms with van der Waals surface area (Å²) in [5.41, 5.74) is 5.94. The van der Waals surface area contributed by atoms with Crippen LogP contribution in [0.4, 0.5) is 0 Å². The average molecular weight is 285 g/mol. The first-order valence-corrected chi connectivity index (χ1v) is 7.75. The van der Waals surface area contributed by atoms with Gasteiger partial charge in [0, 0.05) is 25.0 Å². The van der Waals surface area contributed by atoms with Gasteiger partial charge < -0.3 is 10.6 Å². The van der Waals surface area contributed by atoms with Gasteiger partial charge in [0.25, 0.3) is 0 Å². The minimum atomic E-state index is 0. The fourth-order valence-corrected chi connectivity index (χ4v) is 5.53. The van der Waals surface area contributed by atoms with Crippen molar-refractivity contribution in [3.8, 4) is 0 Å². The molecule has 4 bridgehead atoms. The average Bonchev–Trinajstić information content (AvgIpc) is 2.74. The van der Waals surface area contributed by atoms with Crippen molar-refractivity contribution in [3.05, 3.63) is 0 Å². The van der Waals surface area contributed by atoms with E-state index in [2.05, 4.69) is 4.90 Å². The maximum Gasteiger partial charge on any atom is 0.226 e. The third kappa shape index (κ3) is 2.19. The van der Waals surface area contributed by atoms with E-state index < -0.39 is 0 Å². The molecule has 3 nitrogen and oxygen atoms in total. The molecule has 5 aliphatic rings. The molecule has 108 valence electrons. The third-order valence-corrected chi connectivity index (χ3v) is 6.05. The molecule has 5 fully saturated rings. The monoisotopic (exact) mass is 284 g/mol. The second kappa shape index (κ2) is 4.92. The number of carbonyl (C=O) groups excluding carboxylic acids is 1. The molecule has 4 saturated carbocycles. The Bertz CT molecular complexity index is 345. The summed E-state index contributed by atoms with van der Waals surface area (Å²) in [6.45, 7) is 1.71. The van der Waals surface area contributed by atoms with Gasteiger partial charge in [0.1, 0.15) is 0 Å². The van der Waals surface area contributed by atoms with Gasteiger partial charge in [0.05, 0.1) is 0 Å². The fourth-order valence-electron chi connectivity index (χ4n) is 5.53. The predicted octanol–water partition coefficient (Wildman–Crippen LogP) is 2.04. The molecular weight excluding hydrogens is 260 g/mol. The van der Waals surface area contributed by atoms with Crippen LogP contribution in [-0.2, 0) is 4.79 Å². The van der Waals surface area contributed by atoms with E-state index >= 15 is 0 Å². The molecule has 1 heterocycles. The summed E-state index contributed by atoms with van der Waals surface area (Å²) in [5.74, 6) is 4.16. The van der Waals surface area contributed by atoms with E-state index in [4.69, 9.17) is 5.73 Å². The maximum absolute atomic E-state index is 12.8. The molecule has 5 rings (SSSR count). The minimum absolute atomic E-state index is 0. The number of halogens is 1. The molecule has 1 saturated heterocycles. The molecule has 2 N–H and O–H groups in total. The van der Waals surface area contributed by atoms with Crippen molar-refractivity contribution in [1.29, 1.82) is 0 Å². The van der Waals surface area contributed by atoms with Gasteiger partial charge in [0.15, 0.2) is 0 Å². The number of carbonyl (C=O) groups is 1. The van der Waals surface area contributed by atoms with E-state index in [9.17, 15) is 4.79 Å². The molecule has 4 heteroatoms. The molecule has 1 amide bonds. The lowest BCUT2D eigenvalue weighted by Crippen LogP contribution is -2.51. The SMILES string of the molecule is Cl.N[C@H]1CCN(C(=O)C2C3CC4CC(C3)CC2C4)C1. The fraction of sp³-hybridized carbons (Fsp3) is 0.933. The number of nitrogens with zero attached hydrogens (tertiary/aromatic N) is 1. The maximum atomic E-state index is 12.8. The van der Waals surface area contributed by atoms with E-state index in [1.165, 1.54) is 32.1 Å². The summed E-state index contributed by atoms with van der Waals surface area (Å²) in [6.07, 6.45) is 7.81. The van der Waals surface area contributed by atoms with E-state index in [1.807, 2.05) is 0 Å². The van der Waals surface area contributed by atoms with Gasteiger partial charge in [-0.15, -0.1) is 12.4 Å². The van der Waals surface area contributed by atoms with Crippen LogP contribution in [-0.4, -0.2) is 29.9 Å². The Labute approximate surface area is 121 Å². The van der Waals surface area contributed by atoms with E-state index in [0.717, 1.165) is 31.3 Å². The van der Waals surface area contributed by atoms with Crippen LogP contribution < -0.4 is 5.73 Å². The molecule has 0 radical (unpaired) electrons. The van der Waals surface area contributed by atoms with Gasteiger partial charge in [-0.25, -0.2) is 0 Å². The van der Waals surface area contributed by atoms with Crippen LogP contribution in [0, 0.1) is 29.6 Å². The molecular formula is C15H25ClN2O. The molecule has 4 aliphatic carbocycles. The van der Waals surface area contributed by atoms with Crippen LogP contribution in [0.25, 0.3) is 0 Å². The Hall–Kier alpha value is -0.280. The summed E-state index contributed by atoms with van der Waals surface area (Å²) in [7, 11) is 0. The van der Waals surface area contributed by atoms with Gasteiger partial charge in [-0.3, -0.25) is 4.79 Å². The zero-order chi connectivity index (χ0) is 12.3. The lowest BCUT2D eigenvalue weighted by Gasteiger charge is -2.54. The quantitative estimate of drug-likeness (QED) is 0.801. The van der Waals surface area contributed by atoms with Gasteiger partial charge in [-0.05, 0) is 62.2 Å². The van der Waals surface area contributed by atoms with Crippen LogP contribution in [0.3, 0.4) is 0 Å². The van der Waals surface area contributed by atoms with Crippen molar-refractivity contribution in [2.45, 2.75) is 44.6 Å². The van der Waals surface area contributed by atoms with Gasteiger partial charge >= 0.3 is 0 Å². The Morgan fingerprint density at radius 2 is 1.58 bits per heavy atom. The Balaban J connectivity index is 0.00000110. The first kappa shape index (κ1) is 13.7. The number of likely N-dealkylation sites (tertiary alicyclic amines) is 1. The van der Waals surface area contributed by atoms with E-state index in [0.29, 0.717) is 23.7 Å². The largest absolute Gasteiger partial charge is 0.341 e. The summed E-state index contributed by atoms with van der Waals surface area (Å²) >= 11 is 0. The lowest BCUT2D eigenvalue weighted by atomic mass is 9.51. The van der Waals surface area contributed by atoms with E-state index in [1.54, 1.807) is 0 Å². The summed E-state index contributed by atoms with van der Waals surface area (Å²) in [6, 6.07) is 0.228. The molecule has 0 unspecified atom stereocenters. The van der Waals surface area contributed by atoms with Crippen LogP contribution in [0.15, 0.2) is 0 Å². The highest BCUT2D eigenvalue weighted by Gasteiger charge is 2.51. The number of hydrogen-bond donors (Lipinski definition) is 1. The van der Waals surface area contributed by atoms with Crippen molar-refractivity contribution in [1.82, 2.24) is 4.90 Å². The number of amides is 1. The standard InChI is InChI=1S/C15H24N2O.ClH/c16-13-1-2-17(8-13)15(18)14-11-4-9-3-10(6-11)7-12(14)5-9;/h9-14H,1-8,16H2;1H/t9?,10?,11?,12?,13-,14?;/m0./s1. The predicted molar refractivity (Wildman–Crippen MR) is 77.0 cm³/mol. The topological polar surface area (TPSA) is 46.3 Å². The minimum Gasteiger partial charge on any atom is -0.341 e. The number of rotatable bonds is 1. The highest BCUT2D eigenvalue weighted by atomic mass is 35.5. The van der Waals surface area contributed by atoms with Crippen molar-refractivity contribution in [2.75, 3.05) is 13.1 Å². The molecule has 19 heavy (non-hydrogen) atoms. The summed E-state index contributed by atoms with van der Waals surface area (Å²) < 4.78 is 0. The van der Waals surface area contributed by atoms with Crippen molar-refractivity contribution < 1.29 is 4.79 Å². The lowest BCUT2D eigenvalue weighted by molar-refractivity contribution is -0.148. The first-order valence-electron chi connectivity index (χ1n) is 7.75. The highest BCUT2D eigenvalue weighted by molar-refractivity contribution is 5.85. The van der Waals surface area contributed by atoms with Crippen LogP contribution >= 0.6 is 12.4 Å². The third-order valence-electron chi connectivity index (χ3n) is 6.05. The van der Waals surface area contributed by atoms with Crippen molar-refractivity contribution >= 4 is 18.3 Å². The van der Waals surface area contributed by atoms with E-state index in [-0.39, 0.29) is 18.4 Å². The first-order chi connectivity index (χ1) is 8.70. The summed E-state index contributed by atoms with van der Waals surface area (Å²) in [4.78, 5) is 14.8. The summed E-state index contributed by atoms with van der Waals surface area (Å²) in [5, 5.41) is 0. The number of hydrogen-bond acceptors (Lipinski definition) is 2. The Kier molecular flexibility index (Phi) is 3.55. The molecule has 1 atom stereocenters. The van der Waals surface area contributed by atoms with Crippen molar-refractivity contribution in [3.63, 3.8) is 0 Å². The molecule has 0 aromatic carbocycles. The molecule has 0 aromatic heterocycles.